The van der Waals surface area contributed by atoms with Gasteiger partial charge in [-0.05, 0) is 59.4 Å². The summed E-state index contributed by atoms with van der Waals surface area (Å²) in [5.41, 5.74) is 4.76. The smallest absolute Gasteiger partial charge is 0.118 e. The third kappa shape index (κ3) is 5.25. The molecule has 0 unspecified atom stereocenters. The molecule has 2 nitrogen and oxygen atoms in total. The lowest BCUT2D eigenvalue weighted by molar-refractivity contribution is 0.414. The van der Waals surface area contributed by atoms with Crippen LogP contribution in [0.1, 0.15) is 24.0 Å². The van der Waals surface area contributed by atoms with Gasteiger partial charge in [-0.2, -0.15) is 0 Å². The van der Waals surface area contributed by atoms with E-state index in [2.05, 4.69) is 37.4 Å². The number of hydrogen-bond acceptors (Lipinski definition) is 2. The summed E-state index contributed by atoms with van der Waals surface area (Å²) in [5, 5.41) is 0. The number of rotatable bonds is 9. The highest BCUT2D eigenvalue weighted by molar-refractivity contribution is 5.74. The van der Waals surface area contributed by atoms with E-state index in [1.165, 1.54) is 16.7 Å². The van der Waals surface area contributed by atoms with Crippen molar-refractivity contribution in [2.45, 2.75) is 12.8 Å². The molecule has 2 rings (SSSR count). The summed E-state index contributed by atoms with van der Waals surface area (Å²) in [6, 6.07) is 16.1. The van der Waals surface area contributed by atoms with Crippen LogP contribution in [-0.4, -0.2) is 14.2 Å². The van der Waals surface area contributed by atoms with Crippen LogP contribution in [0, 0.1) is 0 Å². The molecule has 0 fully saturated rings. The van der Waals surface area contributed by atoms with Gasteiger partial charge >= 0.3 is 0 Å². The molecule has 2 aromatic rings. The normalized spacial score (nSPS) is 11.8. The Morgan fingerprint density at radius 3 is 1.85 bits per heavy atom. The zero-order valence-electron chi connectivity index (χ0n) is 15.6. The van der Waals surface area contributed by atoms with Crippen LogP contribution in [0.3, 0.4) is 0 Å². The molecule has 0 heterocycles. The molecule has 0 amide bonds. The molecule has 0 spiro atoms. The zero-order chi connectivity index (χ0) is 18.8. The van der Waals surface area contributed by atoms with Gasteiger partial charge in [0, 0.05) is 0 Å². The van der Waals surface area contributed by atoms with E-state index in [1.807, 2.05) is 48.6 Å². The number of hydrogen-bond donors (Lipinski definition) is 0. The monoisotopic (exact) mass is 346 g/mol. The Kier molecular flexibility index (Phi) is 7.50. The summed E-state index contributed by atoms with van der Waals surface area (Å²) in [4.78, 5) is 0. The molecular weight excluding hydrogens is 320 g/mol. The van der Waals surface area contributed by atoms with Gasteiger partial charge in [-0.3, -0.25) is 0 Å². The van der Waals surface area contributed by atoms with Crippen molar-refractivity contribution in [1.82, 2.24) is 0 Å². The van der Waals surface area contributed by atoms with Gasteiger partial charge in [0.15, 0.2) is 0 Å². The van der Waals surface area contributed by atoms with Gasteiger partial charge in [0.05, 0.1) is 14.2 Å². The van der Waals surface area contributed by atoms with E-state index >= 15 is 0 Å². The quantitative estimate of drug-likeness (QED) is 0.390. The lowest BCUT2D eigenvalue weighted by Crippen LogP contribution is -1.91. The summed E-state index contributed by atoms with van der Waals surface area (Å²) < 4.78 is 10.5. The molecule has 2 heteroatoms. The molecule has 0 bridgehead atoms. The maximum Gasteiger partial charge on any atom is 0.118 e. The standard InChI is InChI=1S/C24H26O2/c1-5-7-20(12-9-19-10-15-22(25-3)16-11-19)24(8-6-2)21-13-17-23(26-4)18-14-21/h5-6,9-18H,1-2,7-8H2,3-4H3. The fraction of sp³-hybridized carbons (Fsp3) is 0.167. The van der Waals surface area contributed by atoms with Crippen LogP contribution in [0.25, 0.3) is 11.6 Å². The van der Waals surface area contributed by atoms with E-state index in [1.54, 1.807) is 14.2 Å². The van der Waals surface area contributed by atoms with Gasteiger partial charge in [0.2, 0.25) is 0 Å². The van der Waals surface area contributed by atoms with Crippen LogP contribution in [0.2, 0.25) is 0 Å². The van der Waals surface area contributed by atoms with Crippen LogP contribution >= 0.6 is 0 Å². The minimum absolute atomic E-state index is 0.794. The first kappa shape index (κ1) is 19.3. The third-order valence-electron chi connectivity index (χ3n) is 4.13. The first-order valence-electron chi connectivity index (χ1n) is 8.62. The summed E-state index contributed by atoms with van der Waals surface area (Å²) in [6.07, 6.45) is 9.73. The van der Waals surface area contributed by atoms with Crippen molar-refractivity contribution in [3.63, 3.8) is 0 Å². The van der Waals surface area contributed by atoms with Gasteiger partial charge < -0.3 is 9.47 Å². The summed E-state index contributed by atoms with van der Waals surface area (Å²) in [6.45, 7) is 7.83. The lowest BCUT2D eigenvalue weighted by Gasteiger charge is -2.12. The van der Waals surface area contributed by atoms with Crippen LogP contribution in [-0.2, 0) is 0 Å². The molecular formula is C24H26O2. The Hall–Kier alpha value is -3.00. The molecule has 0 aliphatic rings. The first-order valence-corrected chi connectivity index (χ1v) is 8.62. The minimum Gasteiger partial charge on any atom is -0.497 e. The molecule has 0 atom stereocenters. The molecule has 0 N–H and O–H groups in total. The highest BCUT2D eigenvalue weighted by atomic mass is 16.5. The predicted molar refractivity (Wildman–Crippen MR) is 112 cm³/mol. The molecule has 134 valence electrons. The molecule has 0 aliphatic carbocycles. The van der Waals surface area contributed by atoms with Crippen LogP contribution < -0.4 is 9.47 Å². The second kappa shape index (κ2) is 10.1. The number of ether oxygens (including phenoxy) is 2. The average molecular weight is 346 g/mol. The van der Waals surface area contributed by atoms with E-state index in [0.717, 1.165) is 29.9 Å². The van der Waals surface area contributed by atoms with Crippen LogP contribution in [0.15, 0.2) is 85.5 Å². The van der Waals surface area contributed by atoms with Crippen molar-refractivity contribution in [3.05, 3.63) is 96.6 Å². The van der Waals surface area contributed by atoms with Gasteiger partial charge in [0.25, 0.3) is 0 Å². The van der Waals surface area contributed by atoms with Gasteiger partial charge in [-0.25, -0.2) is 0 Å². The first-order chi connectivity index (χ1) is 12.7. The SMILES string of the molecule is C=CCC(C=Cc1ccc(OC)cc1)=C(CC=C)c1ccc(OC)cc1. The van der Waals surface area contributed by atoms with Gasteiger partial charge in [0.1, 0.15) is 11.5 Å². The molecule has 0 aromatic heterocycles. The van der Waals surface area contributed by atoms with Crippen LogP contribution in [0.4, 0.5) is 0 Å². The Morgan fingerprint density at radius 1 is 0.808 bits per heavy atom. The van der Waals surface area contributed by atoms with E-state index in [0.29, 0.717) is 0 Å². The van der Waals surface area contributed by atoms with Gasteiger partial charge in [-0.1, -0.05) is 48.6 Å². The molecule has 0 aliphatic heterocycles. The second-order valence-corrected chi connectivity index (χ2v) is 5.82. The highest BCUT2D eigenvalue weighted by Crippen LogP contribution is 2.28. The Balaban J connectivity index is 2.39. The van der Waals surface area contributed by atoms with Crippen molar-refractivity contribution >= 4 is 11.6 Å². The van der Waals surface area contributed by atoms with E-state index in [4.69, 9.17) is 9.47 Å². The van der Waals surface area contributed by atoms with Crippen molar-refractivity contribution in [2.75, 3.05) is 14.2 Å². The predicted octanol–water partition coefficient (Wildman–Crippen LogP) is 6.32. The molecule has 26 heavy (non-hydrogen) atoms. The van der Waals surface area contributed by atoms with Crippen molar-refractivity contribution < 1.29 is 9.47 Å². The zero-order valence-corrected chi connectivity index (χ0v) is 15.6. The molecule has 0 radical (unpaired) electrons. The highest BCUT2D eigenvalue weighted by Gasteiger charge is 2.06. The number of methoxy groups -OCH3 is 2. The lowest BCUT2D eigenvalue weighted by atomic mass is 9.94. The fourth-order valence-corrected chi connectivity index (χ4v) is 2.73. The largest absolute Gasteiger partial charge is 0.497 e. The summed E-state index contributed by atoms with van der Waals surface area (Å²) in [5.74, 6) is 1.71. The van der Waals surface area contributed by atoms with E-state index in [9.17, 15) is 0 Å². The summed E-state index contributed by atoms with van der Waals surface area (Å²) in [7, 11) is 3.35. The van der Waals surface area contributed by atoms with Crippen molar-refractivity contribution in [2.24, 2.45) is 0 Å². The molecule has 0 saturated carbocycles. The Bertz CT molecular complexity index is 778. The number of allylic oxidation sites excluding steroid dienone is 5. The average Bonchev–Trinajstić information content (AvgIpc) is 2.70. The minimum atomic E-state index is 0.794. The maximum atomic E-state index is 5.26. The molecule has 0 saturated heterocycles. The maximum absolute atomic E-state index is 5.26. The molecule has 2 aromatic carbocycles. The summed E-state index contributed by atoms with van der Waals surface area (Å²) >= 11 is 0. The fourth-order valence-electron chi connectivity index (χ4n) is 2.73. The Morgan fingerprint density at radius 2 is 1.35 bits per heavy atom. The third-order valence-corrected chi connectivity index (χ3v) is 4.13. The Labute approximate surface area is 156 Å². The van der Waals surface area contributed by atoms with Crippen molar-refractivity contribution in [3.8, 4) is 11.5 Å². The van der Waals surface area contributed by atoms with E-state index < -0.39 is 0 Å². The second-order valence-electron chi connectivity index (χ2n) is 5.82. The topological polar surface area (TPSA) is 18.5 Å². The van der Waals surface area contributed by atoms with Gasteiger partial charge in [-0.15, -0.1) is 13.2 Å². The number of benzene rings is 2. The van der Waals surface area contributed by atoms with Crippen molar-refractivity contribution in [1.29, 1.82) is 0 Å². The van der Waals surface area contributed by atoms with Crippen LogP contribution in [0.5, 0.6) is 11.5 Å². The van der Waals surface area contributed by atoms with E-state index in [-0.39, 0.29) is 0 Å².